The fourth-order valence-electron chi connectivity index (χ4n) is 2.06. The number of hydrogen-bond donors (Lipinski definition) is 1. The molecule has 9 heteroatoms. The number of nitrogens with two attached hydrogens (primary N) is 1. The lowest BCUT2D eigenvalue weighted by atomic mass is 10.4. The van der Waals surface area contributed by atoms with Gasteiger partial charge < -0.3 is 10.3 Å². The number of nitrogen functional groups attached to an aromatic ring is 1. The van der Waals surface area contributed by atoms with Gasteiger partial charge in [-0.15, -0.1) is 0 Å². The molecule has 2 N–H and O–H groups in total. The van der Waals surface area contributed by atoms with E-state index in [9.17, 15) is 4.79 Å². The number of imidazole rings is 1. The van der Waals surface area contributed by atoms with Crippen molar-refractivity contribution >= 4 is 28.6 Å². The summed E-state index contributed by atoms with van der Waals surface area (Å²) in [5.74, 6) is 0.356. The zero-order valence-corrected chi connectivity index (χ0v) is 11.7. The van der Waals surface area contributed by atoms with Crippen LogP contribution in [0, 0.1) is 0 Å². The molecule has 0 saturated heterocycles. The molecule has 0 aliphatic heterocycles. The summed E-state index contributed by atoms with van der Waals surface area (Å²) in [6.07, 6.45) is 6.68. The predicted octanol–water partition coefficient (Wildman–Crippen LogP) is 0.709. The third kappa shape index (κ3) is 2.70. The van der Waals surface area contributed by atoms with Crippen LogP contribution in [0.15, 0.2) is 29.8 Å². The number of fused-ring (bicyclic) bond motifs is 1. The summed E-state index contributed by atoms with van der Waals surface area (Å²) in [7, 11) is 0. The molecule has 3 heterocycles. The Morgan fingerprint density at radius 2 is 1.95 bits per heavy atom. The van der Waals surface area contributed by atoms with Gasteiger partial charge in [0.15, 0.2) is 11.5 Å². The van der Waals surface area contributed by atoms with Crippen LogP contribution in [-0.2, 0) is 13.1 Å². The van der Waals surface area contributed by atoms with Crippen LogP contribution in [0.5, 0.6) is 0 Å². The lowest BCUT2D eigenvalue weighted by Crippen LogP contribution is -2.22. The lowest BCUT2D eigenvalue weighted by molar-refractivity contribution is 0.550. The van der Waals surface area contributed by atoms with Crippen LogP contribution in [0.2, 0.25) is 5.02 Å². The average molecular weight is 306 g/mol. The molecule has 3 rings (SSSR count). The summed E-state index contributed by atoms with van der Waals surface area (Å²) in [5.41, 5.74) is 6.67. The molecular formula is C12H12ClN7O. The standard InChI is InChI=1S/C12H12ClN7O/c13-8-4-15-12(21)19(5-8)2-1-3-20-7-18-9-10(14)16-6-17-11(9)20/h4-7H,1-3H2,(H2,14,16,17). The molecule has 3 aromatic rings. The second-order valence-electron chi connectivity index (χ2n) is 4.47. The van der Waals surface area contributed by atoms with Crippen molar-refractivity contribution in [3.05, 3.63) is 40.6 Å². The average Bonchev–Trinajstić information content (AvgIpc) is 2.88. The first-order valence-electron chi connectivity index (χ1n) is 6.28. The van der Waals surface area contributed by atoms with Crippen molar-refractivity contribution in [3.8, 4) is 0 Å². The maximum absolute atomic E-state index is 11.6. The zero-order chi connectivity index (χ0) is 14.8. The number of aryl methyl sites for hydroxylation is 2. The van der Waals surface area contributed by atoms with E-state index in [2.05, 4.69) is 19.9 Å². The molecule has 0 bridgehead atoms. The molecule has 3 aromatic heterocycles. The van der Waals surface area contributed by atoms with E-state index in [0.29, 0.717) is 41.5 Å². The summed E-state index contributed by atoms with van der Waals surface area (Å²) in [5, 5.41) is 0.434. The Morgan fingerprint density at radius 3 is 2.81 bits per heavy atom. The van der Waals surface area contributed by atoms with E-state index in [-0.39, 0.29) is 5.69 Å². The van der Waals surface area contributed by atoms with Crippen molar-refractivity contribution in [2.75, 3.05) is 5.73 Å². The van der Waals surface area contributed by atoms with Crippen molar-refractivity contribution < 1.29 is 0 Å². The minimum atomic E-state index is -0.318. The molecule has 0 spiro atoms. The predicted molar refractivity (Wildman–Crippen MR) is 77.9 cm³/mol. The van der Waals surface area contributed by atoms with Gasteiger partial charge >= 0.3 is 5.69 Å². The van der Waals surface area contributed by atoms with Gasteiger partial charge in [-0.1, -0.05) is 11.6 Å². The molecule has 0 atom stereocenters. The van der Waals surface area contributed by atoms with Crippen molar-refractivity contribution in [1.82, 2.24) is 29.1 Å². The summed E-state index contributed by atoms with van der Waals surface area (Å²) in [6, 6.07) is 0. The van der Waals surface area contributed by atoms with Crippen LogP contribution >= 0.6 is 11.6 Å². The molecule has 0 amide bonds. The normalized spacial score (nSPS) is 11.1. The maximum atomic E-state index is 11.6. The molecule has 0 aliphatic carbocycles. The highest BCUT2D eigenvalue weighted by molar-refractivity contribution is 6.30. The van der Waals surface area contributed by atoms with E-state index in [1.54, 1.807) is 12.5 Å². The van der Waals surface area contributed by atoms with Gasteiger partial charge in [-0.2, -0.15) is 0 Å². The second-order valence-corrected chi connectivity index (χ2v) is 4.91. The van der Waals surface area contributed by atoms with Gasteiger partial charge in [0.25, 0.3) is 0 Å². The molecular weight excluding hydrogens is 294 g/mol. The Morgan fingerprint density at radius 1 is 1.14 bits per heavy atom. The molecule has 0 aromatic carbocycles. The Hall–Kier alpha value is -2.48. The molecule has 21 heavy (non-hydrogen) atoms. The highest BCUT2D eigenvalue weighted by Gasteiger charge is 2.07. The number of rotatable bonds is 4. The number of halogens is 1. The van der Waals surface area contributed by atoms with Crippen LogP contribution in [0.3, 0.4) is 0 Å². The molecule has 8 nitrogen and oxygen atoms in total. The topological polar surface area (TPSA) is 105 Å². The first-order chi connectivity index (χ1) is 10.1. The molecule has 0 saturated carbocycles. The Kier molecular flexibility index (Phi) is 3.53. The minimum Gasteiger partial charge on any atom is -0.382 e. The van der Waals surface area contributed by atoms with Crippen LogP contribution in [-0.4, -0.2) is 29.1 Å². The summed E-state index contributed by atoms with van der Waals surface area (Å²) in [4.78, 5) is 27.5. The number of nitrogens with zero attached hydrogens (tertiary/aromatic N) is 6. The zero-order valence-electron chi connectivity index (χ0n) is 11.0. The van der Waals surface area contributed by atoms with Gasteiger partial charge in [-0.3, -0.25) is 4.57 Å². The first-order valence-corrected chi connectivity index (χ1v) is 6.66. The van der Waals surface area contributed by atoms with Gasteiger partial charge in [0.1, 0.15) is 11.8 Å². The van der Waals surface area contributed by atoms with Crippen molar-refractivity contribution in [1.29, 1.82) is 0 Å². The summed E-state index contributed by atoms with van der Waals surface area (Å²) in [6.45, 7) is 1.15. The second kappa shape index (κ2) is 5.49. The van der Waals surface area contributed by atoms with Crippen LogP contribution in [0.4, 0.5) is 5.82 Å². The summed E-state index contributed by atoms with van der Waals surface area (Å²) >= 11 is 5.82. The van der Waals surface area contributed by atoms with E-state index in [4.69, 9.17) is 17.3 Å². The van der Waals surface area contributed by atoms with Crippen LogP contribution in [0.25, 0.3) is 11.2 Å². The monoisotopic (exact) mass is 305 g/mol. The van der Waals surface area contributed by atoms with E-state index in [1.807, 2.05) is 4.57 Å². The van der Waals surface area contributed by atoms with Crippen molar-refractivity contribution in [3.63, 3.8) is 0 Å². The first kappa shape index (κ1) is 13.5. The van der Waals surface area contributed by atoms with Crippen molar-refractivity contribution in [2.45, 2.75) is 19.5 Å². The summed E-state index contributed by atoms with van der Waals surface area (Å²) < 4.78 is 3.35. The van der Waals surface area contributed by atoms with E-state index in [0.717, 1.165) is 0 Å². The fraction of sp³-hybridized carbons (Fsp3) is 0.250. The van der Waals surface area contributed by atoms with Crippen molar-refractivity contribution in [2.24, 2.45) is 0 Å². The Labute approximate surface area is 124 Å². The molecule has 0 unspecified atom stereocenters. The quantitative estimate of drug-likeness (QED) is 0.761. The lowest BCUT2D eigenvalue weighted by Gasteiger charge is -2.06. The number of aromatic nitrogens is 6. The van der Waals surface area contributed by atoms with Gasteiger partial charge in [0.05, 0.1) is 17.5 Å². The van der Waals surface area contributed by atoms with Gasteiger partial charge in [0, 0.05) is 19.3 Å². The highest BCUT2D eigenvalue weighted by atomic mass is 35.5. The SMILES string of the molecule is Nc1ncnc2c1ncn2CCCn1cc(Cl)cnc1=O. The van der Waals surface area contributed by atoms with Gasteiger partial charge in [-0.05, 0) is 6.42 Å². The highest BCUT2D eigenvalue weighted by Crippen LogP contribution is 2.14. The largest absolute Gasteiger partial charge is 0.382 e. The smallest absolute Gasteiger partial charge is 0.347 e. The third-order valence-electron chi connectivity index (χ3n) is 3.05. The molecule has 0 aliphatic rings. The minimum absolute atomic E-state index is 0.318. The van der Waals surface area contributed by atoms with E-state index >= 15 is 0 Å². The fourth-order valence-corrected chi connectivity index (χ4v) is 2.23. The Bertz CT molecular complexity index is 841. The van der Waals surface area contributed by atoms with Crippen LogP contribution < -0.4 is 11.4 Å². The third-order valence-corrected chi connectivity index (χ3v) is 3.25. The number of anilines is 1. The molecule has 0 radical (unpaired) electrons. The molecule has 0 fully saturated rings. The van der Waals surface area contributed by atoms with Crippen LogP contribution in [0.1, 0.15) is 6.42 Å². The maximum Gasteiger partial charge on any atom is 0.347 e. The van der Waals surface area contributed by atoms with Gasteiger partial charge in [-0.25, -0.2) is 24.7 Å². The molecule has 108 valence electrons. The number of hydrogen-bond acceptors (Lipinski definition) is 6. The van der Waals surface area contributed by atoms with E-state index < -0.39 is 0 Å². The Balaban J connectivity index is 1.74. The van der Waals surface area contributed by atoms with Gasteiger partial charge in [0.2, 0.25) is 0 Å². The van der Waals surface area contributed by atoms with E-state index in [1.165, 1.54) is 17.1 Å².